The lowest BCUT2D eigenvalue weighted by Gasteiger charge is -2.13. The summed E-state index contributed by atoms with van der Waals surface area (Å²) in [6, 6.07) is 13.3. The molecular weight excluding hydrogens is 351 g/mol. The Bertz CT molecular complexity index is 694. The highest BCUT2D eigenvalue weighted by atomic mass is 35.5. The molecule has 0 aliphatic heterocycles. The molecule has 0 radical (unpaired) electrons. The van der Waals surface area contributed by atoms with Gasteiger partial charge in [-0.2, -0.15) is 0 Å². The summed E-state index contributed by atoms with van der Waals surface area (Å²) in [5.74, 6) is -0.0415. The zero-order valence-electron chi connectivity index (χ0n) is 13.0. The summed E-state index contributed by atoms with van der Waals surface area (Å²) in [5.41, 5.74) is 1.78. The molecule has 0 bridgehead atoms. The van der Waals surface area contributed by atoms with Crippen LogP contribution in [0, 0.1) is 0 Å². The van der Waals surface area contributed by atoms with Crippen molar-refractivity contribution in [1.82, 2.24) is 0 Å². The summed E-state index contributed by atoms with van der Waals surface area (Å²) in [5, 5.41) is 6.09. The average molecular weight is 370 g/mol. The van der Waals surface area contributed by atoms with Gasteiger partial charge in [-0.3, -0.25) is 4.79 Å². The second-order valence-corrected chi connectivity index (χ2v) is 6.90. The van der Waals surface area contributed by atoms with Gasteiger partial charge in [0, 0.05) is 21.2 Å². The van der Waals surface area contributed by atoms with Crippen LogP contribution < -0.4 is 10.6 Å². The first-order valence-corrected chi connectivity index (χ1v) is 9.20. The van der Waals surface area contributed by atoms with E-state index in [2.05, 4.69) is 5.32 Å². The SMILES string of the molecule is CSc1cccc(NC(=O)C[NH2+][C@@H](C)c2ccc(Cl)cc2Cl)c1. The number of carbonyl (C=O) groups is 1. The number of halogens is 2. The van der Waals surface area contributed by atoms with Crippen molar-refractivity contribution in [3.8, 4) is 0 Å². The van der Waals surface area contributed by atoms with Crippen LogP contribution in [0.25, 0.3) is 0 Å². The van der Waals surface area contributed by atoms with Crippen LogP contribution in [0.3, 0.4) is 0 Å². The number of hydrogen-bond donors (Lipinski definition) is 2. The van der Waals surface area contributed by atoms with Crippen molar-refractivity contribution in [2.75, 3.05) is 18.1 Å². The van der Waals surface area contributed by atoms with Crippen molar-refractivity contribution < 1.29 is 10.1 Å². The number of quaternary nitrogens is 1. The second-order valence-electron chi connectivity index (χ2n) is 5.17. The molecular formula is C17H19Cl2N2OS+. The number of thioether (sulfide) groups is 1. The van der Waals surface area contributed by atoms with Crippen LogP contribution in [0.2, 0.25) is 10.0 Å². The van der Waals surface area contributed by atoms with Gasteiger partial charge in [-0.1, -0.05) is 35.3 Å². The molecule has 0 saturated carbocycles. The number of nitrogens with one attached hydrogen (secondary N) is 1. The summed E-state index contributed by atoms with van der Waals surface area (Å²) in [6.45, 7) is 2.33. The Hall–Kier alpha value is -1.20. The quantitative estimate of drug-likeness (QED) is 0.756. The van der Waals surface area contributed by atoms with Gasteiger partial charge in [0.15, 0.2) is 6.54 Å². The molecule has 1 atom stereocenters. The standard InChI is InChI=1S/C17H18Cl2N2OS/c1-11(15-7-6-12(18)8-16(15)19)20-10-17(22)21-13-4-3-5-14(9-13)23-2/h3-9,11,20H,10H2,1-2H3,(H,21,22)/p+1/t11-/m0/s1. The Balaban J connectivity index is 1.90. The van der Waals surface area contributed by atoms with Crippen molar-refractivity contribution in [2.45, 2.75) is 17.9 Å². The van der Waals surface area contributed by atoms with Gasteiger partial charge in [0.25, 0.3) is 5.91 Å². The summed E-state index contributed by atoms with van der Waals surface area (Å²) in [6.07, 6.45) is 2.01. The molecule has 0 aliphatic rings. The highest BCUT2D eigenvalue weighted by Gasteiger charge is 2.15. The number of amides is 1. The maximum atomic E-state index is 12.1. The lowest BCUT2D eigenvalue weighted by molar-refractivity contribution is -0.682. The lowest BCUT2D eigenvalue weighted by Crippen LogP contribution is -2.86. The van der Waals surface area contributed by atoms with E-state index < -0.39 is 0 Å². The maximum Gasteiger partial charge on any atom is 0.279 e. The molecule has 0 spiro atoms. The van der Waals surface area contributed by atoms with E-state index in [9.17, 15) is 4.79 Å². The molecule has 0 aromatic heterocycles. The van der Waals surface area contributed by atoms with E-state index in [0.717, 1.165) is 16.1 Å². The summed E-state index contributed by atoms with van der Waals surface area (Å²) < 4.78 is 0. The number of benzene rings is 2. The van der Waals surface area contributed by atoms with Crippen LogP contribution in [0.1, 0.15) is 18.5 Å². The van der Waals surface area contributed by atoms with E-state index in [4.69, 9.17) is 23.2 Å². The fourth-order valence-corrected chi connectivity index (χ4v) is 3.23. The Morgan fingerprint density at radius 2 is 2.04 bits per heavy atom. The number of rotatable bonds is 6. The first-order valence-electron chi connectivity index (χ1n) is 7.22. The molecule has 23 heavy (non-hydrogen) atoms. The number of carbonyl (C=O) groups excluding carboxylic acids is 1. The third-order valence-electron chi connectivity index (χ3n) is 3.46. The predicted octanol–water partition coefficient (Wildman–Crippen LogP) is 3.98. The van der Waals surface area contributed by atoms with Gasteiger partial charge in [-0.25, -0.2) is 0 Å². The molecule has 0 saturated heterocycles. The van der Waals surface area contributed by atoms with E-state index in [1.54, 1.807) is 23.9 Å². The molecule has 0 unspecified atom stereocenters. The van der Waals surface area contributed by atoms with Gasteiger partial charge in [0.05, 0.1) is 5.02 Å². The first kappa shape index (κ1) is 18.1. The van der Waals surface area contributed by atoms with Gasteiger partial charge in [-0.05, 0) is 43.5 Å². The van der Waals surface area contributed by atoms with E-state index >= 15 is 0 Å². The largest absolute Gasteiger partial charge is 0.332 e. The fraction of sp³-hybridized carbons (Fsp3) is 0.235. The Labute approximate surface area is 150 Å². The fourth-order valence-electron chi connectivity index (χ4n) is 2.19. The van der Waals surface area contributed by atoms with Crippen LogP contribution >= 0.6 is 35.0 Å². The van der Waals surface area contributed by atoms with Crippen LogP contribution in [-0.2, 0) is 4.79 Å². The molecule has 2 aromatic carbocycles. The molecule has 1 amide bonds. The van der Waals surface area contributed by atoms with E-state index in [1.807, 2.05) is 48.8 Å². The maximum absolute atomic E-state index is 12.1. The topological polar surface area (TPSA) is 45.7 Å². The molecule has 0 heterocycles. The van der Waals surface area contributed by atoms with Crippen LogP contribution in [0.15, 0.2) is 47.4 Å². The van der Waals surface area contributed by atoms with E-state index in [0.29, 0.717) is 16.6 Å². The number of hydrogen-bond acceptors (Lipinski definition) is 2. The molecule has 3 N–H and O–H groups in total. The molecule has 2 aromatic rings. The monoisotopic (exact) mass is 369 g/mol. The Morgan fingerprint density at radius 3 is 2.74 bits per heavy atom. The van der Waals surface area contributed by atoms with Crippen molar-refractivity contribution in [1.29, 1.82) is 0 Å². The zero-order valence-corrected chi connectivity index (χ0v) is 15.3. The van der Waals surface area contributed by atoms with Gasteiger partial charge >= 0.3 is 0 Å². The number of nitrogens with two attached hydrogens (primary N) is 1. The van der Waals surface area contributed by atoms with Crippen molar-refractivity contribution >= 4 is 46.6 Å². The molecule has 0 aliphatic carbocycles. The van der Waals surface area contributed by atoms with Crippen molar-refractivity contribution in [2.24, 2.45) is 0 Å². The van der Waals surface area contributed by atoms with Gasteiger partial charge in [0.1, 0.15) is 6.04 Å². The lowest BCUT2D eigenvalue weighted by atomic mass is 10.1. The summed E-state index contributed by atoms with van der Waals surface area (Å²) in [7, 11) is 0. The van der Waals surface area contributed by atoms with Gasteiger partial charge in [-0.15, -0.1) is 11.8 Å². The van der Waals surface area contributed by atoms with Crippen LogP contribution in [0.4, 0.5) is 5.69 Å². The minimum absolute atomic E-state index is 0.0415. The minimum Gasteiger partial charge on any atom is -0.332 e. The Kier molecular flexibility index (Phi) is 6.78. The molecule has 2 rings (SSSR count). The zero-order chi connectivity index (χ0) is 16.8. The molecule has 122 valence electrons. The van der Waals surface area contributed by atoms with E-state index in [1.165, 1.54) is 0 Å². The van der Waals surface area contributed by atoms with Crippen molar-refractivity contribution in [3.05, 3.63) is 58.1 Å². The third kappa shape index (κ3) is 5.43. The number of anilines is 1. The van der Waals surface area contributed by atoms with Crippen molar-refractivity contribution in [3.63, 3.8) is 0 Å². The third-order valence-corrected chi connectivity index (χ3v) is 4.75. The van der Waals surface area contributed by atoms with Gasteiger partial charge in [0.2, 0.25) is 0 Å². The highest BCUT2D eigenvalue weighted by molar-refractivity contribution is 7.98. The van der Waals surface area contributed by atoms with Gasteiger partial charge < -0.3 is 10.6 Å². The van der Waals surface area contributed by atoms with Crippen LogP contribution in [-0.4, -0.2) is 18.7 Å². The highest BCUT2D eigenvalue weighted by Crippen LogP contribution is 2.24. The minimum atomic E-state index is -0.0415. The first-order chi connectivity index (χ1) is 11.0. The normalized spacial score (nSPS) is 12.0. The average Bonchev–Trinajstić information content (AvgIpc) is 2.53. The van der Waals surface area contributed by atoms with E-state index in [-0.39, 0.29) is 11.9 Å². The van der Waals surface area contributed by atoms with Crippen LogP contribution in [0.5, 0.6) is 0 Å². The molecule has 6 heteroatoms. The molecule has 0 fully saturated rings. The predicted molar refractivity (Wildman–Crippen MR) is 98.5 cm³/mol. The Morgan fingerprint density at radius 1 is 1.26 bits per heavy atom. The second kappa shape index (κ2) is 8.60. The molecule has 3 nitrogen and oxygen atoms in total. The summed E-state index contributed by atoms with van der Waals surface area (Å²) in [4.78, 5) is 13.2. The smallest absolute Gasteiger partial charge is 0.279 e. The summed E-state index contributed by atoms with van der Waals surface area (Å²) >= 11 is 13.7.